The molecule has 1 unspecified atom stereocenters. The fraction of sp³-hybridized carbons (Fsp3) is 0.818. The highest BCUT2D eigenvalue weighted by atomic mass is 35.5. The molecule has 92 valence electrons. The molecular weight excluding hydrogens is 230 g/mol. The minimum atomic E-state index is -0.574. The van der Waals surface area contributed by atoms with Crippen LogP contribution in [0.15, 0.2) is 0 Å². The number of ether oxygens (including phenoxy) is 1. The van der Waals surface area contributed by atoms with Crippen molar-refractivity contribution in [3.05, 3.63) is 0 Å². The number of hydrogen-bond acceptors (Lipinski definition) is 3. The zero-order valence-corrected chi connectivity index (χ0v) is 10.7. The number of nitrogens with zero attached hydrogens (tertiary/aromatic N) is 1. The van der Waals surface area contributed by atoms with Crippen LogP contribution in [0.4, 0.5) is 4.79 Å². The van der Waals surface area contributed by atoms with Crippen LogP contribution in [-0.4, -0.2) is 34.4 Å². The molecule has 1 rings (SSSR count). The van der Waals surface area contributed by atoms with Crippen LogP contribution in [0, 0.1) is 0 Å². The zero-order valence-electron chi connectivity index (χ0n) is 9.96. The van der Waals surface area contributed by atoms with E-state index in [4.69, 9.17) is 16.3 Å². The minimum absolute atomic E-state index is 0.360. The maximum absolute atomic E-state index is 11.9. The number of carbonyl (C=O) groups is 2. The number of hydrogen-bond donors (Lipinski definition) is 0. The van der Waals surface area contributed by atoms with Gasteiger partial charge in [-0.05, 0) is 51.6 Å². The highest BCUT2D eigenvalue weighted by molar-refractivity contribution is 6.63. The van der Waals surface area contributed by atoms with Gasteiger partial charge in [0.05, 0.1) is 0 Å². The van der Waals surface area contributed by atoms with E-state index in [0.29, 0.717) is 13.0 Å². The van der Waals surface area contributed by atoms with Crippen molar-refractivity contribution in [2.24, 2.45) is 0 Å². The second-order valence-corrected chi connectivity index (χ2v) is 5.31. The number of piperidine rings is 1. The summed E-state index contributed by atoms with van der Waals surface area (Å²) in [5.74, 6) is -0.360. The van der Waals surface area contributed by atoms with Crippen molar-refractivity contribution in [3.8, 4) is 0 Å². The smallest absolute Gasteiger partial charge is 0.329 e. The molecule has 1 aliphatic heterocycles. The molecule has 4 nitrogen and oxygen atoms in total. The molecule has 1 saturated heterocycles. The van der Waals surface area contributed by atoms with E-state index in [1.807, 2.05) is 0 Å². The maximum Gasteiger partial charge on any atom is 0.329 e. The maximum atomic E-state index is 11.9. The van der Waals surface area contributed by atoms with Crippen molar-refractivity contribution in [1.82, 2.24) is 4.90 Å². The lowest BCUT2D eigenvalue weighted by Gasteiger charge is -2.34. The third-order valence-electron chi connectivity index (χ3n) is 2.41. The van der Waals surface area contributed by atoms with E-state index in [9.17, 15) is 9.59 Å². The molecule has 1 amide bonds. The van der Waals surface area contributed by atoms with Crippen LogP contribution >= 0.6 is 11.6 Å². The first-order valence-electron chi connectivity index (χ1n) is 5.50. The number of amides is 1. The quantitative estimate of drug-likeness (QED) is 0.406. The largest absolute Gasteiger partial charge is 0.458 e. The standard InChI is InChI=1S/C11H18ClNO3/c1-11(2,3)16-9(14)8-6-4-5-7-13(8)10(12)15/h8H,4-7H2,1-3H3. The first-order valence-corrected chi connectivity index (χ1v) is 5.88. The van der Waals surface area contributed by atoms with Gasteiger partial charge in [-0.25, -0.2) is 4.79 Å². The van der Waals surface area contributed by atoms with Gasteiger partial charge in [-0.2, -0.15) is 0 Å². The van der Waals surface area contributed by atoms with Crippen molar-refractivity contribution in [2.75, 3.05) is 6.54 Å². The van der Waals surface area contributed by atoms with Gasteiger partial charge in [0, 0.05) is 6.54 Å². The molecule has 0 bridgehead atoms. The van der Waals surface area contributed by atoms with Gasteiger partial charge in [0.25, 0.3) is 0 Å². The van der Waals surface area contributed by atoms with Crippen molar-refractivity contribution >= 4 is 22.9 Å². The van der Waals surface area contributed by atoms with E-state index in [2.05, 4.69) is 0 Å². The highest BCUT2D eigenvalue weighted by Crippen LogP contribution is 2.21. The Morgan fingerprint density at radius 1 is 1.31 bits per heavy atom. The fourth-order valence-corrected chi connectivity index (χ4v) is 1.96. The predicted molar refractivity (Wildman–Crippen MR) is 61.4 cm³/mol. The van der Waals surface area contributed by atoms with Crippen LogP contribution in [0.25, 0.3) is 0 Å². The van der Waals surface area contributed by atoms with Gasteiger partial charge < -0.3 is 9.64 Å². The first kappa shape index (κ1) is 13.3. The summed E-state index contributed by atoms with van der Waals surface area (Å²) in [5.41, 5.74) is -0.532. The van der Waals surface area contributed by atoms with Crippen molar-refractivity contribution in [1.29, 1.82) is 0 Å². The number of rotatable bonds is 1. The molecule has 1 fully saturated rings. The fourth-order valence-electron chi connectivity index (χ4n) is 1.76. The Morgan fingerprint density at radius 3 is 2.44 bits per heavy atom. The summed E-state index contributed by atoms with van der Waals surface area (Å²) in [6.07, 6.45) is 2.44. The summed E-state index contributed by atoms with van der Waals surface area (Å²) < 4.78 is 5.27. The molecule has 0 aromatic heterocycles. The summed E-state index contributed by atoms with van der Waals surface area (Å²) in [5, 5.41) is -0.574. The SMILES string of the molecule is CC(C)(C)OC(=O)C1CCCCN1C(=O)Cl. The van der Waals surface area contributed by atoms with E-state index < -0.39 is 17.0 Å². The van der Waals surface area contributed by atoms with Crippen LogP contribution in [0.2, 0.25) is 0 Å². The molecule has 1 atom stereocenters. The van der Waals surface area contributed by atoms with E-state index in [-0.39, 0.29) is 5.97 Å². The van der Waals surface area contributed by atoms with E-state index in [0.717, 1.165) is 12.8 Å². The van der Waals surface area contributed by atoms with Gasteiger partial charge in [-0.3, -0.25) is 4.79 Å². The highest BCUT2D eigenvalue weighted by Gasteiger charge is 2.34. The van der Waals surface area contributed by atoms with Gasteiger partial charge >= 0.3 is 11.3 Å². The average Bonchev–Trinajstić information content (AvgIpc) is 2.15. The van der Waals surface area contributed by atoms with Crippen LogP contribution in [0.1, 0.15) is 40.0 Å². The molecule has 0 aromatic rings. The minimum Gasteiger partial charge on any atom is -0.458 e. The second-order valence-electron chi connectivity index (χ2n) is 4.99. The van der Waals surface area contributed by atoms with E-state index >= 15 is 0 Å². The molecule has 0 N–H and O–H groups in total. The molecule has 1 heterocycles. The van der Waals surface area contributed by atoms with Crippen molar-refractivity contribution in [3.63, 3.8) is 0 Å². The monoisotopic (exact) mass is 247 g/mol. The van der Waals surface area contributed by atoms with Crippen LogP contribution < -0.4 is 0 Å². The van der Waals surface area contributed by atoms with Crippen LogP contribution in [0.3, 0.4) is 0 Å². The van der Waals surface area contributed by atoms with Crippen molar-refractivity contribution < 1.29 is 14.3 Å². The van der Waals surface area contributed by atoms with E-state index in [1.54, 1.807) is 20.8 Å². The average molecular weight is 248 g/mol. The van der Waals surface area contributed by atoms with Gasteiger partial charge in [0.1, 0.15) is 11.6 Å². The summed E-state index contributed by atoms with van der Waals surface area (Å²) in [7, 11) is 0. The topological polar surface area (TPSA) is 46.6 Å². The molecule has 0 aromatic carbocycles. The lowest BCUT2D eigenvalue weighted by Crippen LogP contribution is -2.48. The van der Waals surface area contributed by atoms with Gasteiger partial charge in [-0.1, -0.05) is 0 Å². The van der Waals surface area contributed by atoms with Gasteiger partial charge in [-0.15, -0.1) is 0 Å². The van der Waals surface area contributed by atoms with Crippen LogP contribution in [0.5, 0.6) is 0 Å². The number of carbonyl (C=O) groups excluding carboxylic acids is 2. The third-order valence-corrected chi connectivity index (χ3v) is 2.62. The normalized spacial score (nSPS) is 21.8. The summed E-state index contributed by atoms with van der Waals surface area (Å²) >= 11 is 5.45. The Balaban J connectivity index is 2.68. The molecular formula is C11H18ClNO3. The molecule has 16 heavy (non-hydrogen) atoms. The molecule has 0 spiro atoms. The molecule has 0 saturated carbocycles. The Kier molecular flexibility index (Phi) is 4.19. The molecule has 1 aliphatic rings. The Bertz CT molecular complexity index is 285. The molecule has 0 radical (unpaired) electrons. The van der Waals surface area contributed by atoms with Gasteiger partial charge in [0.2, 0.25) is 0 Å². The first-order chi connectivity index (χ1) is 7.31. The van der Waals surface area contributed by atoms with Crippen molar-refractivity contribution in [2.45, 2.75) is 51.7 Å². The van der Waals surface area contributed by atoms with Crippen LogP contribution in [-0.2, 0) is 9.53 Å². The van der Waals surface area contributed by atoms with Gasteiger partial charge in [0.15, 0.2) is 0 Å². The van der Waals surface area contributed by atoms with E-state index in [1.165, 1.54) is 4.90 Å². The summed E-state index contributed by atoms with van der Waals surface area (Å²) in [4.78, 5) is 24.4. The number of esters is 1. The lowest BCUT2D eigenvalue weighted by molar-refractivity contribution is -0.161. The predicted octanol–water partition coefficient (Wildman–Crippen LogP) is 2.54. The second kappa shape index (κ2) is 5.04. The molecule has 0 aliphatic carbocycles. The third kappa shape index (κ3) is 3.67. The summed E-state index contributed by atoms with van der Waals surface area (Å²) in [6.45, 7) is 5.95. The summed E-state index contributed by atoms with van der Waals surface area (Å²) in [6, 6.07) is -0.516. The number of halogens is 1. The Labute approximate surface area is 101 Å². The zero-order chi connectivity index (χ0) is 12.3. The Hall–Kier alpha value is -0.770. The Morgan fingerprint density at radius 2 is 1.94 bits per heavy atom. The lowest BCUT2D eigenvalue weighted by atomic mass is 10.0. The molecule has 5 heteroatoms. The number of likely N-dealkylation sites (tertiary alicyclic amines) is 1.